The largest absolute Gasteiger partial charge is 0.274 e. The van der Waals surface area contributed by atoms with E-state index in [2.05, 4.69) is 0 Å². The number of imide groups is 1. The Kier molecular flexibility index (Phi) is 4.19. The van der Waals surface area contributed by atoms with Crippen LogP contribution in [0.15, 0.2) is 48.5 Å². The summed E-state index contributed by atoms with van der Waals surface area (Å²) in [6.45, 7) is 0. The zero-order chi connectivity index (χ0) is 15.7. The molecule has 3 rings (SSSR count). The van der Waals surface area contributed by atoms with Crippen LogP contribution in [0.2, 0.25) is 10.0 Å². The summed E-state index contributed by atoms with van der Waals surface area (Å²) in [5.41, 5.74) is 1.52. The molecule has 1 fully saturated rings. The summed E-state index contributed by atoms with van der Waals surface area (Å²) in [5, 5.41) is 0.719. The number of hydrogen-bond acceptors (Lipinski definition) is 2. The number of halogens is 2. The van der Waals surface area contributed by atoms with Gasteiger partial charge in [0.25, 0.3) is 0 Å². The molecular weight excluding hydrogens is 321 g/mol. The summed E-state index contributed by atoms with van der Waals surface area (Å²) in [5.74, 6) is -0.721. The fourth-order valence-corrected chi connectivity index (χ4v) is 2.94. The molecule has 1 aliphatic heterocycles. The first-order valence-electron chi connectivity index (χ1n) is 6.92. The van der Waals surface area contributed by atoms with Crippen LogP contribution in [0.1, 0.15) is 12.0 Å². The molecule has 0 N–H and O–H groups in total. The van der Waals surface area contributed by atoms with Crippen molar-refractivity contribution in [2.45, 2.75) is 12.8 Å². The van der Waals surface area contributed by atoms with Crippen LogP contribution < -0.4 is 4.90 Å². The Morgan fingerprint density at radius 3 is 2.41 bits per heavy atom. The van der Waals surface area contributed by atoms with Crippen molar-refractivity contribution in [3.05, 3.63) is 64.1 Å². The zero-order valence-corrected chi connectivity index (χ0v) is 13.1. The maximum absolute atomic E-state index is 12.5. The van der Waals surface area contributed by atoms with Crippen LogP contribution in [-0.4, -0.2) is 11.8 Å². The van der Waals surface area contributed by atoms with E-state index in [-0.39, 0.29) is 24.2 Å². The second-order valence-corrected chi connectivity index (χ2v) is 6.07. The number of carbonyl (C=O) groups excluding carboxylic acids is 2. The smallest absolute Gasteiger partial charge is 0.237 e. The topological polar surface area (TPSA) is 37.4 Å². The van der Waals surface area contributed by atoms with Gasteiger partial charge in [0.2, 0.25) is 11.8 Å². The Bertz CT molecular complexity index is 731. The predicted molar refractivity (Wildman–Crippen MR) is 87.2 cm³/mol. The molecule has 0 radical (unpaired) electrons. The van der Waals surface area contributed by atoms with Crippen molar-refractivity contribution in [1.82, 2.24) is 0 Å². The molecule has 1 heterocycles. The fourth-order valence-electron chi connectivity index (χ4n) is 2.65. The van der Waals surface area contributed by atoms with Gasteiger partial charge in [-0.25, -0.2) is 0 Å². The van der Waals surface area contributed by atoms with E-state index in [0.717, 1.165) is 5.56 Å². The molecular formula is C17H13Cl2NO2. The van der Waals surface area contributed by atoms with Crippen LogP contribution in [0.4, 0.5) is 5.69 Å². The maximum Gasteiger partial charge on any atom is 0.237 e. The molecule has 5 heteroatoms. The third kappa shape index (κ3) is 2.87. The second-order valence-electron chi connectivity index (χ2n) is 5.26. The molecule has 0 bridgehead atoms. The Morgan fingerprint density at radius 1 is 1.00 bits per heavy atom. The van der Waals surface area contributed by atoms with Crippen molar-refractivity contribution in [2.24, 2.45) is 5.92 Å². The van der Waals surface area contributed by atoms with E-state index < -0.39 is 0 Å². The van der Waals surface area contributed by atoms with E-state index in [4.69, 9.17) is 23.2 Å². The first-order valence-corrected chi connectivity index (χ1v) is 7.67. The molecule has 3 nitrogen and oxygen atoms in total. The summed E-state index contributed by atoms with van der Waals surface area (Å²) in [4.78, 5) is 26.0. The minimum absolute atomic E-state index is 0.188. The average molecular weight is 334 g/mol. The number of amides is 2. The third-order valence-corrected chi connectivity index (χ3v) is 4.47. The molecule has 0 spiro atoms. The standard InChI is InChI=1S/C17H13Cl2NO2/c18-14-7-6-13(10-15(14)19)20-16(21)9-12(17(20)22)8-11-4-2-1-3-5-11/h1-7,10,12H,8-9H2. The monoisotopic (exact) mass is 333 g/mol. The van der Waals surface area contributed by atoms with Gasteiger partial charge >= 0.3 is 0 Å². The van der Waals surface area contributed by atoms with Gasteiger partial charge in [0.15, 0.2) is 0 Å². The fraction of sp³-hybridized carbons (Fsp3) is 0.176. The summed E-state index contributed by atoms with van der Waals surface area (Å²) in [6, 6.07) is 14.5. The van der Waals surface area contributed by atoms with Crippen LogP contribution in [-0.2, 0) is 16.0 Å². The number of benzene rings is 2. The van der Waals surface area contributed by atoms with E-state index in [9.17, 15) is 9.59 Å². The molecule has 1 atom stereocenters. The molecule has 22 heavy (non-hydrogen) atoms. The van der Waals surface area contributed by atoms with E-state index in [0.29, 0.717) is 22.2 Å². The molecule has 2 amide bonds. The molecule has 2 aromatic rings. The van der Waals surface area contributed by atoms with Crippen LogP contribution in [0.3, 0.4) is 0 Å². The first kappa shape index (κ1) is 15.1. The predicted octanol–water partition coefficient (Wildman–Crippen LogP) is 4.12. The van der Waals surface area contributed by atoms with E-state index in [1.807, 2.05) is 30.3 Å². The first-order chi connectivity index (χ1) is 10.6. The van der Waals surface area contributed by atoms with E-state index in [1.165, 1.54) is 4.90 Å². The lowest BCUT2D eigenvalue weighted by Gasteiger charge is -2.15. The van der Waals surface area contributed by atoms with Crippen molar-refractivity contribution >= 4 is 40.7 Å². The molecule has 0 aromatic heterocycles. The van der Waals surface area contributed by atoms with E-state index >= 15 is 0 Å². The quantitative estimate of drug-likeness (QED) is 0.792. The number of rotatable bonds is 3. The summed E-state index contributed by atoms with van der Waals surface area (Å²) in [6.07, 6.45) is 0.775. The highest BCUT2D eigenvalue weighted by atomic mass is 35.5. The average Bonchev–Trinajstić information content (AvgIpc) is 2.78. The van der Waals surface area contributed by atoms with Crippen molar-refractivity contribution < 1.29 is 9.59 Å². The number of carbonyl (C=O) groups is 2. The van der Waals surface area contributed by atoms with Crippen molar-refractivity contribution in [1.29, 1.82) is 0 Å². The van der Waals surface area contributed by atoms with Crippen LogP contribution >= 0.6 is 23.2 Å². The lowest BCUT2D eigenvalue weighted by atomic mass is 9.98. The van der Waals surface area contributed by atoms with Gasteiger partial charge in [-0.3, -0.25) is 14.5 Å². The highest BCUT2D eigenvalue weighted by Gasteiger charge is 2.39. The molecule has 0 saturated carbocycles. The summed E-state index contributed by atoms with van der Waals surface area (Å²) >= 11 is 11.8. The molecule has 112 valence electrons. The molecule has 1 saturated heterocycles. The molecule has 0 aliphatic carbocycles. The van der Waals surface area contributed by atoms with Crippen LogP contribution in [0.5, 0.6) is 0 Å². The van der Waals surface area contributed by atoms with Gasteiger partial charge in [0.1, 0.15) is 0 Å². The summed E-state index contributed by atoms with van der Waals surface area (Å²) < 4.78 is 0. The molecule has 1 unspecified atom stereocenters. The van der Waals surface area contributed by atoms with Gasteiger partial charge in [0.05, 0.1) is 21.7 Å². The lowest BCUT2D eigenvalue weighted by molar-refractivity contribution is -0.122. The van der Waals surface area contributed by atoms with Gasteiger partial charge < -0.3 is 0 Å². The van der Waals surface area contributed by atoms with Crippen molar-refractivity contribution in [2.75, 3.05) is 4.90 Å². The van der Waals surface area contributed by atoms with Gasteiger partial charge in [0, 0.05) is 6.42 Å². The van der Waals surface area contributed by atoms with Gasteiger partial charge in [-0.1, -0.05) is 53.5 Å². The van der Waals surface area contributed by atoms with Crippen molar-refractivity contribution in [3.8, 4) is 0 Å². The van der Waals surface area contributed by atoms with Gasteiger partial charge in [-0.05, 0) is 30.2 Å². The SMILES string of the molecule is O=C1CC(Cc2ccccc2)C(=O)N1c1ccc(Cl)c(Cl)c1. The lowest BCUT2D eigenvalue weighted by Crippen LogP contribution is -2.30. The molecule has 2 aromatic carbocycles. The second kappa shape index (κ2) is 6.11. The number of hydrogen-bond donors (Lipinski definition) is 0. The third-order valence-electron chi connectivity index (χ3n) is 3.73. The number of nitrogens with zero attached hydrogens (tertiary/aromatic N) is 1. The molecule has 1 aliphatic rings. The van der Waals surface area contributed by atoms with E-state index in [1.54, 1.807) is 18.2 Å². The van der Waals surface area contributed by atoms with Gasteiger partial charge in [-0.2, -0.15) is 0 Å². The highest BCUT2D eigenvalue weighted by Crippen LogP contribution is 2.32. The summed E-state index contributed by atoms with van der Waals surface area (Å²) in [7, 11) is 0. The van der Waals surface area contributed by atoms with Crippen molar-refractivity contribution in [3.63, 3.8) is 0 Å². The van der Waals surface area contributed by atoms with Crippen LogP contribution in [0.25, 0.3) is 0 Å². The van der Waals surface area contributed by atoms with Crippen LogP contribution in [0, 0.1) is 5.92 Å². The Morgan fingerprint density at radius 2 is 1.73 bits per heavy atom. The normalized spacial score (nSPS) is 18.1. The highest BCUT2D eigenvalue weighted by molar-refractivity contribution is 6.42. The van der Waals surface area contributed by atoms with Gasteiger partial charge in [-0.15, -0.1) is 0 Å². The minimum Gasteiger partial charge on any atom is -0.274 e. The minimum atomic E-state index is -0.329. The Balaban J connectivity index is 1.83. The Labute approximate surface area is 138 Å². The Hall–Kier alpha value is -1.84. The maximum atomic E-state index is 12.5. The number of anilines is 1. The zero-order valence-electron chi connectivity index (χ0n) is 11.6.